The SMILES string of the molecule is CC(C)(C)c1cc[c]([Sb]23([O]C(C(F)(F)F)(C(F)(F)F)c4cccc[c]42)[O][C@](c2ccccc2)(C(F)(F)F)[C@@H]3c2ccccc2)cc1. The van der Waals surface area contributed by atoms with Crippen LogP contribution >= 0.6 is 0 Å². The molecule has 2 aliphatic rings. The van der Waals surface area contributed by atoms with Gasteiger partial charge in [0.05, 0.1) is 0 Å². The molecule has 1 spiro atoms. The van der Waals surface area contributed by atoms with Crippen molar-refractivity contribution < 1.29 is 45.5 Å². The Morgan fingerprint density at radius 1 is 0.565 bits per heavy atom. The van der Waals surface area contributed by atoms with Crippen LogP contribution in [0.1, 0.15) is 46.9 Å². The summed E-state index contributed by atoms with van der Waals surface area (Å²) in [6.45, 7) is 5.53. The number of hydrogen-bond acceptors (Lipinski definition) is 2. The molecule has 0 aliphatic carbocycles. The summed E-state index contributed by atoms with van der Waals surface area (Å²) in [6, 6.07) is 22.5. The maximum atomic E-state index is 15.8. The zero-order valence-electron chi connectivity index (χ0n) is 24.6. The van der Waals surface area contributed by atoms with Gasteiger partial charge < -0.3 is 0 Å². The number of hydrogen-bond donors (Lipinski definition) is 0. The predicted octanol–water partition coefficient (Wildman–Crippen LogP) is 8.66. The Bertz CT molecular complexity index is 1750. The zero-order valence-corrected chi connectivity index (χ0v) is 27.2. The number of alkyl halides is 9. The zero-order chi connectivity index (χ0) is 33.6. The van der Waals surface area contributed by atoms with Crippen LogP contribution < -0.4 is 7.02 Å². The number of halogens is 9. The molecule has 244 valence electrons. The van der Waals surface area contributed by atoms with Gasteiger partial charge in [-0.05, 0) is 0 Å². The molecule has 2 heterocycles. The molecule has 2 atom stereocenters. The summed E-state index contributed by atoms with van der Waals surface area (Å²) < 4.78 is 147. The standard InChI is InChI=1S/C15H11F3O.C10H13.C9H4F6O.Sb/c16-15(17,18)14(19,13-9-5-2-6-10-13)11-12-7-3-1-4-8-12;1-10(2,3)9-7-5-4-6-8-9;10-8(11,12)7(16,9(13,14)15)6-4-2-1-3-5-6;/h1-11H;5-8H,1-3H3;1-4H;/q-1;;-1;+2/t14-;;;/m1.../s1. The molecule has 46 heavy (non-hydrogen) atoms. The van der Waals surface area contributed by atoms with Crippen molar-refractivity contribution in [3.63, 3.8) is 0 Å². The second kappa shape index (κ2) is 10.0. The first kappa shape index (κ1) is 32.9. The third-order valence-corrected chi connectivity index (χ3v) is 24.6. The Labute approximate surface area is 261 Å². The molecular formula is C34H28F9O2Sb. The van der Waals surface area contributed by atoms with Crippen LogP contribution in [0.3, 0.4) is 0 Å². The van der Waals surface area contributed by atoms with Gasteiger partial charge in [-0.2, -0.15) is 0 Å². The molecule has 0 amide bonds. The first-order chi connectivity index (χ1) is 21.3. The van der Waals surface area contributed by atoms with Gasteiger partial charge in [0.25, 0.3) is 0 Å². The van der Waals surface area contributed by atoms with Crippen LogP contribution in [0.5, 0.6) is 0 Å². The molecule has 0 unspecified atom stereocenters. The van der Waals surface area contributed by atoms with Gasteiger partial charge in [0.1, 0.15) is 0 Å². The van der Waals surface area contributed by atoms with Crippen LogP contribution in [-0.4, -0.2) is 36.8 Å². The van der Waals surface area contributed by atoms with Crippen molar-refractivity contribution in [1.82, 2.24) is 0 Å². The van der Waals surface area contributed by atoms with Gasteiger partial charge in [-0.25, -0.2) is 0 Å². The van der Waals surface area contributed by atoms with Gasteiger partial charge in [0, 0.05) is 0 Å². The minimum atomic E-state index is -7.43. The van der Waals surface area contributed by atoms with Crippen molar-refractivity contribution in [2.75, 3.05) is 0 Å². The fraction of sp³-hybridized carbons (Fsp3) is 0.294. The summed E-state index contributed by atoms with van der Waals surface area (Å²) in [5, 5.41) is 0. The molecule has 0 aromatic heterocycles. The van der Waals surface area contributed by atoms with E-state index in [0.717, 1.165) is 24.3 Å². The van der Waals surface area contributed by atoms with Crippen LogP contribution in [0.2, 0.25) is 0 Å². The summed E-state index contributed by atoms with van der Waals surface area (Å²) in [4.78, 5) is 0. The molecule has 12 heteroatoms. The van der Waals surface area contributed by atoms with E-state index in [-0.39, 0.29) is 9.07 Å². The van der Waals surface area contributed by atoms with Crippen LogP contribution in [0, 0.1) is 0 Å². The fourth-order valence-electron chi connectivity index (χ4n) is 7.05. The van der Waals surface area contributed by atoms with E-state index >= 15 is 39.5 Å². The van der Waals surface area contributed by atoms with Crippen LogP contribution in [0.15, 0.2) is 109 Å². The van der Waals surface area contributed by atoms with Crippen LogP contribution in [0.4, 0.5) is 39.5 Å². The van der Waals surface area contributed by atoms with Gasteiger partial charge in [0.15, 0.2) is 0 Å². The quantitative estimate of drug-likeness (QED) is 0.154. The molecule has 0 N–H and O–H groups in total. The topological polar surface area (TPSA) is 18.5 Å². The molecule has 0 bridgehead atoms. The van der Waals surface area contributed by atoms with E-state index in [9.17, 15) is 0 Å². The third-order valence-electron chi connectivity index (χ3n) is 9.00. The van der Waals surface area contributed by atoms with E-state index in [2.05, 4.69) is 0 Å². The van der Waals surface area contributed by atoms with Crippen molar-refractivity contribution in [3.05, 3.63) is 131 Å². The van der Waals surface area contributed by atoms with E-state index in [1.807, 2.05) is 20.8 Å². The van der Waals surface area contributed by atoms with Crippen LogP contribution in [0.25, 0.3) is 0 Å². The summed E-state index contributed by atoms with van der Waals surface area (Å²) >= 11 is -7.43. The van der Waals surface area contributed by atoms with Gasteiger partial charge >= 0.3 is 262 Å². The Balaban J connectivity index is 1.84. The van der Waals surface area contributed by atoms with E-state index in [0.29, 0.717) is 11.6 Å². The molecule has 0 saturated carbocycles. The molecule has 6 rings (SSSR count). The monoisotopic (exact) mass is 760 g/mol. The molecule has 1 fully saturated rings. The summed E-state index contributed by atoms with van der Waals surface area (Å²) in [5.41, 5.74) is -10.1. The molecule has 4 aromatic rings. The number of fused-ring (bicyclic) bond motifs is 2. The molecule has 2 nitrogen and oxygen atoms in total. The van der Waals surface area contributed by atoms with E-state index in [4.69, 9.17) is 6.03 Å². The van der Waals surface area contributed by atoms with Gasteiger partial charge in [-0.1, -0.05) is 0 Å². The van der Waals surface area contributed by atoms with E-state index < -0.39 is 71.9 Å². The molecule has 4 aromatic carbocycles. The van der Waals surface area contributed by atoms with E-state index in [1.54, 1.807) is 0 Å². The van der Waals surface area contributed by atoms with Crippen molar-refractivity contribution >= 4 is 25.3 Å². The summed E-state index contributed by atoms with van der Waals surface area (Å²) in [5.74, 6) is 0. The number of rotatable bonds is 3. The summed E-state index contributed by atoms with van der Waals surface area (Å²) in [6.07, 6.45) is -17.6. The first-order valence-electron chi connectivity index (χ1n) is 14.2. The third kappa shape index (κ3) is 4.06. The van der Waals surface area contributed by atoms with Crippen LogP contribution in [-0.2, 0) is 22.6 Å². The molecule has 0 radical (unpaired) electrons. The molecule has 1 saturated heterocycles. The average Bonchev–Trinajstić information content (AvgIpc) is 3.28. The summed E-state index contributed by atoms with van der Waals surface area (Å²) in [7, 11) is 0. The van der Waals surface area contributed by atoms with Crippen molar-refractivity contribution in [2.45, 2.75) is 59.8 Å². The van der Waals surface area contributed by atoms with Gasteiger partial charge in [0.2, 0.25) is 0 Å². The first-order valence-corrected chi connectivity index (χ1v) is 20.3. The van der Waals surface area contributed by atoms with Gasteiger partial charge in [-0.3, -0.25) is 0 Å². The van der Waals surface area contributed by atoms with Crippen molar-refractivity contribution in [1.29, 1.82) is 0 Å². The predicted molar refractivity (Wildman–Crippen MR) is 156 cm³/mol. The van der Waals surface area contributed by atoms with Crippen molar-refractivity contribution in [3.8, 4) is 0 Å². The van der Waals surface area contributed by atoms with Crippen molar-refractivity contribution in [2.24, 2.45) is 0 Å². The number of benzene rings is 4. The van der Waals surface area contributed by atoms with E-state index in [1.165, 1.54) is 78.9 Å². The Morgan fingerprint density at radius 3 is 1.57 bits per heavy atom. The second-order valence-corrected chi connectivity index (χ2v) is 23.8. The Kier molecular flexibility index (Phi) is 7.15. The normalized spacial score (nSPS) is 24.4. The Hall–Kier alpha value is -3.01. The second-order valence-electron chi connectivity index (χ2n) is 12.6. The molecular weight excluding hydrogens is 733 g/mol. The molecule has 2 aliphatic heterocycles. The average molecular weight is 761 g/mol. The maximum absolute atomic E-state index is 15.8. The minimum absolute atomic E-state index is 0.161. The van der Waals surface area contributed by atoms with Gasteiger partial charge in [-0.15, -0.1) is 0 Å². The fourth-order valence-corrected chi connectivity index (χ4v) is 25.8. The Morgan fingerprint density at radius 2 is 1.07 bits per heavy atom.